The maximum Gasteiger partial charge on any atom is 0.270 e. The van der Waals surface area contributed by atoms with Crippen molar-refractivity contribution >= 4 is 34.5 Å². The van der Waals surface area contributed by atoms with Crippen LogP contribution in [0.4, 0.5) is 11.4 Å². The number of methoxy groups -OCH3 is 1. The number of para-hydroxylation sites is 1. The number of rotatable bonds is 6. The lowest BCUT2D eigenvalue weighted by Gasteiger charge is -2.38. The first kappa shape index (κ1) is 22.0. The zero-order valence-corrected chi connectivity index (χ0v) is 18.7. The highest BCUT2D eigenvalue weighted by Gasteiger charge is 2.64. The Bertz CT molecular complexity index is 1250. The molecule has 0 bridgehead atoms. The first-order valence-corrected chi connectivity index (χ1v) is 11.0. The number of Topliss-reactive ketones (excluding diaryl/α,β-unsaturated/α-hetero) is 1. The third kappa shape index (κ3) is 3.15. The van der Waals surface area contributed by atoms with E-state index in [1.165, 1.54) is 36.3 Å². The fourth-order valence-electron chi connectivity index (χ4n) is 5.51. The molecule has 0 aliphatic carbocycles. The Labute approximate surface area is 195 Å². The number of ether oxygens (including phenoxy) is 1. The van der Waals surface area contributed by atoms with E-state index in [1.54, 1.807) is 0 Å². The van der Waals surface area contributed by atoms with E-state index in [2.05, 4.69) is 0 Å². The lowest BCUT2D eigenvalue weighted by atomic mass is 9.85. The molecule has 2 aromatic carbocycles. The largest absolute Gasteiger partial charge is 0.383 e. The Balaban J connectivity index is 1.65. The maximum atomic E-state index is 13.9. The molecule has 3 aliphatic heterocycles. The van der Waals surface area contributed by atoms with Gasteiger partial charge in [0.25, 0.3) is 5.69 Å². The number of carbonyl (C=O) groups excluding carboxylic acids is 3. The number of benzene rings is 2. The molecule has 9 nitrogen and oxygen atoms in total. The van der Waals surface area contributed by atoms with Crippen LogP contribution < -0.4 is 4.90 Å². The molecule has 3 aliphatic rings. The van der Waals surface area contributed by atoms with Crippen molar-refractivity contribution in [3.05, 3.63) is 75.8 Å². The number of likely N-dealkylation sites (tertiary alicyclic amines) is 1. The summed E-state index contributed by atoms with van der Waals surface area (Å²) in [5.41, 5.74) is 2.59. The van der Waals surface area contributed by atoms with Crippen LogP contribution in [0.5, 0.6) is 0 Å². The van der Waals surface area contributed by atoms with E-state index in [1.807, 2.05) is 42.2 Å². The minimum Gasteiger partial charge on any atom is -0.383 e. The van der Waals surface area contributed by atoms with Crippen LogP contribution in [-0.2, 0) is 14.3 Å². The second-order valence-corrected chi connectivity index (χ2v) is 8.75. The normalized spacial score (nSPS) is 25.1. The summed E-state index contributed by atoms with van der Waals surface area (Å²) in [6.45, 7) is 2.27. The Morgan fingerprint density at radius 1 is 1.09 bits per heavy atom. The van der Waals surface area contributed by atoms with Crippen LogP contribution in [0.3, 0.4) is 0 Å². The average molecular weight is 461 g/mol. The van der Waals surface area contributed by atoms with Gasteiger partial charge < -0.3 is 9.64 Å². The molecule has 174 valence electrons. The number of hydrogen-bond acceptors (Lipinski definition) is 7. The first-order valence-electron chi connectivity index (χ1n) is 11.0. The van der Waals surface area contributed by atoms with Gasteiger partial charge in [0.2, 0.25) is 11.8 Å². The molecule has 0 spiro atoms. The van der Waals surface area contributed by atoms with Crippen molar-refractivity contribution in [2.24, 2.45) is 11.8 Å². The van der Waals surface area contributed by atoms with Gasteiger partial charge in [0.15, 0.2) is 5.78 Å². The molecule has 3 heterocycles. The van der Waals surface area contributed by atoms with Crippen LogP contribution in [0, 0.1) is 22.0 Å². The van der Waals surface area contributed by atoms with Crippen molar-refractivity contribution in [3.63, 3.8) is 0 Å². The summed E-state index contributed by atoms with van der Waals surface area (Å²) >= 11 is 0. The van der Waals surface area contributed by atoms with Crippen LogP contribution in [-0.4, -0.2) is 59.8 Å². The molecule has 0 N–H and O–H groups in total. The standard InChI is InChI=1S/C25H23N3O6/c1-14-12-19-20-21(25(31)26(24(20)30)10-11-34-2)22(27(19)18-9-4-3-8-17(14)18)23(29)15-6-5-7-16(13-15)28(32)33/h3-9,12-13,19-22H,10-11H2,1-2H3/t19-,20-,21+,22-/m1/s1. The number of non-ortho nitro benzene ring substituents is 1. The number of anilines is 1. The van der Waals surface area contributed by atoms with Crippen LogP contribution in [0.25, 0.3) is 5.57 Å². The molecule has 5 rings (SSSR count). The van der Waals surface area contributed by atoms with Gasteiger partial charge in [-0.25, -0.2) is 0 Å². The number of amides is 2. The summed E-state index contributed by atoms with van der Waals surface area (Å²) < 4.78 is 5.07. The SMILES string of the molecule is COCCN1C(=O)[C@H]2[C@H](C1=O)[C@H](C(=O)c1cccc([N+](=O)[O-])c1)N1c3ccccc3C(C)=C[C@H]21. The van der Waals surface area contributed by atoms with Gasteiger partial charge in [-0.15, -0.1) is 0 Å². The molecule has 9 heteroatoms. The number of ketones is 1. The van der Waals surface area contributed by atoms with E-state index >= 15 is 0 Å². The molecule has 0 aromatic heterocycles. The minimum atomic E-state index is -0.966. The lowest BCUT2D eigenvalue weighted by Crippen LogP contribution is -2.49. The van der Waals surface area contributed by atoms with Gasteiger partial charge in [-0.3, -0.25) is 29.4 Å². The highest BCUT2D eigenvalue weighted by Crippen LogP contribution is 2.50. The second kappa shape index (κ2) is 8.18. The molecule has 2 aromatic rings. The van der Waals surface area contributed by atoms with Gasteiger partial charge in [-0.05, 0) is 18.6 Å². The van der Waals surface area contributed by atoms with Crippen molar-refractivity contribution in [3.8, 4) is 0 Å². The number of nitro benzene ring substituents is 1. The summed E-state index contributed by atoms with van der Waals surface area (Å²) in [6, 6.07) is 11.6. The summed E-state index contributed by atoms with van der Waals surface area (Å²) in [7, 11) is 1.49. The summed E-state index contributed by atoms with van der Waals surface area (Å²) in [5, 5.41) is 11.3. The van der Waals surface area contributed by atoms with Crippen molar-refractivity contribution in [1.29, 1.82) is 0 Å². The van der Waals surface area contributed by atoms with E-state index in [-0.39, 0.29) is 30.3 Å². The van der Waals surface area contributed by atoms with Crippen molar-refractivity contribution in [2.75, 3.05) is 25.2 Å². The highest BCUT2D eigenvalue weighted by molar-refractivity contribution is 6.14. The molecule has 0 radical (unpaired) electrons. The van der Waals surface area contributed by atoms with E-state index in [9.17, 15) is 24.5 Å². The van der Waals surface area contributed by atoms with Gasteiger partial charge >= 0.3 is 0 Å². The quantitative estimate of drug-likeness (QED) is 0.282. The molecule has 0 unspecified atom stereocenters. The van der Waals surface area contributed by atoms with Crippen molar-refractivity contribution in [1.82, 2.24) is 4.90 Å². The number of fused-ring (bicyclic) bond motifs is 5. The first-order chi connectivity index (χ1) is 16.3. The predicted molar refractivity (Wildman–Crippen MR) is 123 cm³/mol. The highest BCUT2D eigenvalue weighted by atomic mass is 16.6. The summed E-state index contributed by atoms with van der Waals surface area (Å²) in [6.07, 6.45) is 1.95. The van der Waals surface area contributed by atoms with Gasteiger partial charge in [0.05, 0.1) is 36.0 Å². The number of carbonyl (C=O) groups is 3. The second-order valence-electron chi connectivity index (χ2n) is 8.75. The third-order valence-corrected chi connectivity index (χ3v) is 6.98. The van der Waals surface area contributed by atoms with Gasteiger partial charge in [0.1, 0.15) is 6.04 Å². The molecule has 4 atom stereocenters. The van der Waals surface area contributed by atoms with Crippen LogP contribution >= 0.6 is 0 Å². The fraction of sp³-hybridized carbons (Fsp3) is 0.320. The van der Waals surface area contributed by atoms with E-state index in [0.29, 0.717) is 0 Å². The average Bonchev–Trinajstić information content (AvgIpc) is 3.30. The molecule has 2 fully saturated rings. The zero-order chi connectivity index (χ0) is 24.1. The molecule has 2 saturated heterocycles. The fourth-order valence-corrected chi connectivity index (χ4v) is 5.51. The Hall–Kier alpha value is -3.85. The summed E-state index contributed by atoms with van der Waals surface area (Å²) in [5.74, 6) is -2.76. The van der Waals surface area contributed by atoms with Gasteiger partial charge in [-0.2, -0.15) is 0 Å². The monoisotopic (exact) mass is 461 g/mol. The lowest BCUT2D eigenvalue weighted by molar-refractivity contribution is -0.384. The molecular formula is C25H23N3O6. The zero-order valence-electron chi connectivity index (χ0n) is 18.7. The molecular weight excluding hydrogens is 438 g/mol. The van der Waals surface area contributed by atoms with Gasteiger partial charge in [-0.1, -0.05) is 36.4 Å². The van der Waals surface area contributed by atoms with Crippen LogP contribution in [0.1, 0.15) is 22.8 Å². The summed E-state index contributed by atoms with van der Waals surface area (Å²) in [4.78, 5) is 54.6. The predicted octanol–water partition coefficient (Wildman–Crippen LogP) is 2.70. The Morgan fingerprint density at radius 2 is 1.82 bits per heavy atom. The molecule has 34 heavy (non-hydrogen) atoms. The number of allylic oxidation sites excluding steroid dienone is 1. The number of nitrogens with zero attached hydrogens (tertiary/aromatic N) is 3. The smallest absolute Gasteiger partial charge is 0.270 e. The number of imide groups is 1. The number of hydrogen-bond donors (Lipinski definition) is 0. The van der Waals surface area contributed by atoms with Crippen LogP contribution in [0.2, 0.25) is 0 Å². The molecule has 0 saturated carbocycles. The van der Waals surface area contributed by atoms with E-state index in [0.717, 1.165) is 16.8 Å². The van der Waals surface area contributed by atoms with E-state index < -0.39 is 40.5 Å². The maximum absolute atomic E-state index is 13.9. The minimum absolute atomic E-state index is 0.116. The van der Waals surface area contributed by atoms with Crippen LogP contribution in [0.15, 0.2) is 54.6 Å². The topological polar surface area (TPSA) is 110 Å². The Kier molecular flexibility index (Phi) is 5.28. The molecule has 2 amide bonds. The third-order valence-electron chi connectivity index (χ3n) is 6.98. The van der Waals surface area contributed by atoms with E-state index in [4.69, 9.17) is 4.74 Å². The van der Waals surface area contributed by atoms with Crippen molar-refractivity contribution < 1.29 is 24.0 Å². The Morgan fingerprint density at radius 3 is 2.56 bits per heavy atom. The van der Waals surface area contributed by atoms with Crippen molar-refractivity contribution in [2.45, 2.75) is 19.0 Å². The van der Waals surface area contributed by atoms with Gasteiger partial charge in [0, 0.05) is 36.1 Å². The number of nitro groups is 1.